The van der Waals surface area contributed by atoms with Crippen LogP contribution < -0.4 is 5.73 Å². The van der Waals surface area contributed by atoms with Crippen molar-refractivity contribution in [1.82, 2.24) is 0 Å². The summed E-state index contributed by atoms with van der Waals surface area (Å²) in [6, 6.07) is 0.236. The maximum Gasteiger partial charge on any atom is 0.0226 e. The quantitative estimate of drug-likeness (QED) is 0.477. The third-order valence-electron chi connectivity index (χ3n) is 1.49. The maximum absolute atomic E-state index is 5.80. The average molecular weight is 153 g/mol. The number of hydrogen-bond donors (Lipinski definition) is 1. The van der Waals surface area contributed by atoms with Gasteiger partial charge in [0.25, 0.3) is 0 Å². The van der Waals surface area contributed by atoms with Crippen LogP contribution >= 0.6 is 0 Å². The fourth-order valence-electron chi connectivity index (χ4n) is 1.01. The van der Waals surface area contributed by atoms with E-state index in [-0.39, 0.29) is 6.04 Å². The molecule has 0 saturated carbocycles. The SMILES string of the molecule is C=CCCCC(N)C=C(C)C. The molecule has 0 bridgehead atoms. The van der Waals surface area contributed by atoms with Crippen molar-refractivity contribution in [2.45, 2.75) is 39.2 Å². The number of unbranched alkanes of at least 4 members (excludes halogenated alkanes) is 1. The Kier molecular flexibility index (Phi) is 5.86. The highest BCUT2D eigenvalue weighted by Crippen LogP contribution is 2.02. The lowest BCUT2D eigenvalue weighted by atomic mass is 10.1. The molecule has 1 atom stereocenters. The molecule has 0 spiro atoms. The molecule has 64 valence electrons. The van der Waals surface area contributed by atoms with Gasteiger partial charge >= 0.3 is 0 Å². The monoisotopic (exact) mass is 153 g/mol. The molecule has 1 unspecified atom stereocenters. The number of allylic oxidation sites excluding steroid dienone is 2. The van der Waals surface area contributed by atoms with E-state index in [0.29, 0.717) is 0 Å². The number of hydrogen-bond acceptors (Lipinski definition) is 1. The number of rotatable bonds is 5. The van der Waals surface area contributed by atoms with E-state index in [2.05, 4.69) is 26.5 Å². The van der Waals surface area contributed by atoms with Crippen LogP contribution in [0.15, 0.2) is 24.3 Å². The lowest BCUT2D eigenvalue weighted by Crippen LogP contribution is -2.16. The smallest absolute Gasteiger partial charge is 0.0226 e. The second-order valence-corrected chi connectivity index (χ2v) is 3.13. The van der Waals surface area contributed by atoms with Gasteiger partial charge in [0.2, 0.25) is 0 Å². The molecule has 0 amide bonds. The summed E-state index contributed by atoms with van der Waals surface area (Å²) in [4.78, 5) is 0. The molecule has 1 heteroatoms. The fraction of sp³-hybridized carbons (Fsp3) is 0.600. The third kappa shape index (κ3) is 7.34. The van der Waals surface area contributed by atoms with Crippen LogP contribution in [0.1, 0.15) is 33.1 Å². The van der Waals surface area contributed by atoms with E-state index in [4.69, 9.17) is 5.73 Å². The van der Waals surface area contributed by atoms with Gasteiger partial charge in [0.1, 0.15) is 0 Å². The molecule has 11 heavy (non-hydrogen) atoms. The predicted molar refractivity (Wildman–Crippen MR) is 51.5 cm³/mol. The van der Waals surface area contributed by atoms with Gasteiger partial charge in [-0.25, -0.2) is 0 Å². The van der Waals surface area contributed by atoms with Gasteiger partial charge in [0, 0.05) is 6.04 Å². The summed E-state index contributed by atoms with van der Waals surface area (Å²) in [7, 11) is 0. The second kappa shape index (κ2) is 6.17. The normalized spacial score (nSPS) is 12.3. The molecule has 0 aromatic carbocycles. The molecular formula is C10H19N. The Morgan fingerprint density at radius 3 is 2.64 bits per heavy atom. The van der Waals surface area contributed by atoms with Crippen molar-refractivity contribution in [2.75, 3.05) is 0 Å². The molecule has 0 aliphatic heterocycles. The minimum atomic E-state index is 0.236. The Bertz CT molecular complexity index is 132. The zero-order valence-corrected chi connectivity index (χ0v) is 7.64. The van der Waals surface area contributed by atoms with Gasteiger partial charge in [-0.2, -0.15) is 0 Å². The molecule has 0 saturated heterocycles. The van der Waals surface area contributed by atoms with E-state index < -0.39 is 0 Å². The van der Waals surface area contributed by atoms with Crippen LogP contribution in [0.4, 0.5) is 0 Å². The summed E-state index contributed by atoms with van der Waals surface area (Å²) in [5, 5.41) is 0. The van der Waals surface area contributed by atoms with Crippen molar-refractivity contribution in [1.29, 1.82) is 0 Å². The zero-order valence-electron chi connectivity index (χ0n) is 7.64. The van der Waals surface area contributed by atoms with Crippen LogP contribution in [0.25, 0.3) is 0 Å². The topological polar surface area (TPSA) is 26.0 Å². The minimum absolute atomic E-state index is 0.236. The molecule has 0 rings (SSSR count). The fourth-order valence-corrected chi connectivity index (χ4v) is 1.01. The Labute approximate surface area is 70.0 Å². The molecule has 0 radical (unpaired) electrons. The second-order valence-electron chi connectivity index (χ2n) is 3.13. The molecule has 0 heterocycles. The van der Waals surface area contributed by atoms with E-state index in [1.807, 2.05) is 6.08 Å². The average Bonchev–Trinajstić information content (AvgIpc) is 1.86. The van der Waals surface area contributed by atoms with Gasteiger partial charge in [-0.05, 0) is 33.1 Å². The Balaban J connectivity index is 3.44. The van der Waals surface area contributed by atoms with E-state index >= 15 is 0 Å². The van der Waals surface area contributed by atoms with Crippen LogP contribution in [-0.4, -0.2) is 6.04 Å². The first-order valence-electron chi connectivity index (χ1n) is 4.18. The van der Waals surface area contributed by atoms with E-state index in [0.717, 1.165) is 19.3 Å². The van der Waals surface area contributed by atoms with E-state index in [1.54, 1.807) is 0 Å². The van der Waals surface area contributed by atoms with Gasteiger partial charge in [0.05, 0.1) is 0 Å². The van der Waals surface area contributed by atoms with Crippen molar-refractivity contribution in [3.63, 3.8) is 0 Å². The molecule has 0 aliphatic rings. The van der Waals surface area contributed by atoms with Crippen molar-refractivity contribution in [3.05, 3.63) is 24.3 Å². The van der Waals surface area contributed by atoms with Gasteiger partial charge in [0.15, 0.2) is 0 Å². The van der Waals surface area contributed by atoms with Gasteiger partial charge in [-0.1, -0.05) is 17.7 Å². The first kappa shape index (κ1) is 10.4. The summed E-state index contributed by atoms with van der Waals surface area (Å²) in [6.07, 6.45) is 7.34. The van der Waals surface area contributed by atoms with Crippen LogP contribution in [0.3, 0.4) is 0 Å². The lowest BCUT2D eigenvalue weighted by molar-refractivity contribution is 0.671. The van der Waals surface area contributed by atoms with Crippen molar-refractivity contribution in [3.8, 4) is 0 Å². The molecule has 0 aromatic rings. The van der Waals surface area contributed by atoms with Gasteiger partial charge < -0.3 is 5.73 Å². The third-order valence-corrected chi connectivity index (χ3v) is 1.49. The molecule has 0 fully saturated rings. The maximum atomic E-state index is 5.80. The minimum Gasteiger partial charge on any atom is -0.324 e. The number of nitrogens with two attached hydrogens (primary N) is 1. The van der Waals surface area contributed by atoms with E-state index in [1.165, 1.54) is 5.57 Å². The molecule has 1 nitrogen and oxygen atoms in total. The Hall–Kier alpha value is -0.560. The Morgan fingerprint density at radius 1 is 1.55 bits per heavy atom. The van der Waals surface area contributed by atoms with Crippen molar-refractivity contribution in [2.24, 2.45) is 5.73 Å². The van der Waals surface area contributed by atoms with Crippen LogP contribution in [0.2, 0.25) is 0 Å². The van der Waals surface area contributed by atoms with E-state index in [9.17, 15) is 0 Å². The van der Waals surface area contributed by atoms with Crippen LogP contribution in [-0.2, 0) is 0 Å². The lowest BCUT2D eigenvalue weighted by Gasteiger charge is -2.05. The summed E-state index contributed by atoms with van der Waals surface area (Å²) < 4.78 is 0. The van der Waals surface area contributed by atoms with Crippen molar-refractivity contribution < 1.29 is 0 Å². The largest absolute Gasteiger partial charge is 0.324 e. The summed E-state index contributed by atoms with van der Waals surface area (Å²) in [5.74, 6) is 0. The predicted octanol–water partition coefficient (Wildman–Crippen LogP) is 2.64. The zero-order chi connectivity index (χ0) is 8.69. The van der Waals surface area contributed by atoms with Gasteiger partial charge in [-0.15, -0.1) is 6.58 Å². The van der Waals surface area contributed by atoms with Crippen LogP contribution in [0, 0.1) is 0 Å². The van der Waals surface area contributed by atoms with Crippen LogP contribution in [0.5, 0.6) is 0 Å². The first-order valence-corrected chi connectivity index (χ1v) is 4.18. The molecule has 0 aliphatic carbocycles. The highest BCUT2D eigenvalue weighted by Gasteiger charge is 1.95. The molecular weight excluding hydrogens is 134 g/mol. The summed E-state index contributed by atoms with van der Waals surface area (Å²) >= 11 is 0. The highest BCUT2D eigenvalue weighted by atomic mass is 14.6. The molecule has 2 N–H and O–H groups in total. The summed E-state index contributed by atoms with van der Waals surface area (Å²) in [6.45, 7) is 7.82. The van der Waals surface area contributed by atoms with Gasteiger partial charge in [-0.3, -0.25) is 0 Å². The standard InChI is InChI=1S/C10H19N/c1-4-5-6-7-10(11)8-9(2)3/h4,8,10H,1,5-7,11H2,2-3H3. The molecule has 0 aromatic heterocycles. The highest BCUT2D eigenvalue weighted by molar-refractivity contribution is 4.99. The summed E-state index contributed by atoms with van der Waals surface area (Å²) in [5.41, 5.74) is 7.11. The Morgan fingerprint density at radius 2 is 2.18 bits per heavy atom. The van der Waals surface area contributed by atoms with Crippen molar-refractivity contribution >= 4 is 0 Å². The first-order chi connectivity index (χ1) is 5.16.